The fraction of sp³-hybridized carbons (Fsp3) is 0.611. The van der Waals surface area contributed by atoms with Crippen LogP contribution in [0.3, 0.4) is 0 Å². The van der Waals surface area contributed by atoms with Gasteiger partial charge >= 0.3 is 0 Å². The molecule has 3 heterocycles. The third-order valence-corrected chi connectivity index (χ3v) is 5.47. The van der Waals surface area contributed by atoms with Crippen LogP contribution in [0.25, 0.3) is 0 Å². The number of hydrogen-bond donors (Lipinski definition) is 1. The van der Waals surface area contributed by atoms with Crippen LogP contribution in [0, 0.1) is 0 Å². The van der Waals surface area contributed by atoms with Gasteiger partial charge in [0, 0.05) is 56.7 Å². The maximum Gasteiger partial charge on any atom is 0.252 e. The van der Waals surface area contributed by atoms with Gasteiger partial charge in [-0.2, -0.15) is 11.3 Å². The Morgan fingerprint density at radius 2 is 1.96 bits per heavy atom. The van der Waals surface area contributed by atoms with E-state index >= 15 is 0 Å². The highest BCUT2D eigenvalue weighted by molar-refractivity contribution is 7.08. The third-order valence-electron chi connectivity index (χ3n) is 4.79. The summed E-state index contributed by atoms with van der Waals surface area (Å²) in [5, 5.41) is 6.49. The highest BCUT2D eigenvalue weighted by atomic mass is 32.1. The number of piperazine rings is 1. The van der Waals surface area contributed by atoms with E-state index in [-0.39, 0.29) is 23.8 Å². The van der Waals surface area contributed by atoms with Crippen molar-refractivity contribution in [1.29, 1.82) is 0 Å². The second-order valence-corrected chi connectivity index (χ2v) is 7.36. The van der Waals surface area contributed by atoms with E-state index in [1.54, 1.807) is 21.2 Å². The summed E-state index contributed by atoms with van der Waals surface area (Å²) in [6.45, 7) is 3.42. The summed E-state index contributed by atoms with van der Waals surface area (Å²) in [7, 11) is 0. The number of hydrogen-bond acceptors (Lipinski definition) is 5. The Bertz CT molecular complexity index is 620. The molecule has 0 saturated carbocycles. The van der Waals surface area contributed by atoms with Crippen LogP contribution in [-0.2, 0) is 14.3 Å². The van der Waals surface area contributed by atoms with E-state index in [0.29, 0.717) is 57.7 Å². The van der Waals surface area contributed by atoms with Gasteiger partial charge in [-0.3, -0.25) is 14.4 Å². The molecule has 1 unspecified atom stereocenters. The van der Waals surface area contributed by atoms with Crippen LogP contribution >= 0.6 is 11.3 Å². The van der Waals surface area contributed by atoms with Crippen LogP contribution in [0.4, 0.5) is 0 Å². The van der Waals surface area contributed by atoms with Gasteiger partial charge in [-0.15, -0.1) is 0 Å². The Morgan fingerprint density at radius 1 is 1.19 bits per heavy atom. The molecule has 142 valence electrons. The lowest BCUT2D eigenvalue weighted by Crippen LogP contribution is -2.52. The molecule has 0 bridgehead atoms. The second-order valence-electron chi connectivity index (χ2n) is 6.58. The molecule has 1 aromatic heterocycles. The zero-order chi connectivity index (χ0) is 18.4. The number of carbonyl (C=O) groups is 3. The Kier molecular flexibility index (Phi) is 6.62. The first-order chi connectivity index (χ1) is 12.6. The van der Waals surface area contributed by atoms with Crippen molar-refractivity contribution in [3.8, 4) is 0 Å². The molecule has 1 N–H and O–H groups in total. The summed E-state index contributed by atoms with van der Waals surface area (Å²) >= 11 is 1.48. The molecular weight excluding hydrogens is 354 g/mol. The van der Waals surface area contributed by atoms with E-state index in [0.717, 1.165) is 12.8 Å². The van der Waals surface area contributed by atoms with Crippen molar-refractivity contribution in [2.45, 2.75) is 31.8 Å². The van der Waals surface area contributed by atoms with E-state index in [1.165, 1.54) is 11.3 Å². The largest absolute Gasteiger partial charge is 0.368 e. The van der Waals surface area contributed by atoms with Crippen molar-refractivity contribution >= 4 is 29.1 Å². The second kappa shape index (κ2) is 9.14. The van der Waals surface area contributed by atoms with Crippen molar-refractivity contribution in [1.82, 2.24) is 15.1 Å². The van der Waals surface area contributed by atoms with Gasteiger partial charge in [-0.25, -0.2) is 0 Å². The topological polar surface area (TPSA) is 79.0 Å². The van der Waals surface area contributed by atoms with E-state index in [9.17, 15) is 14.4 Å². The predicted molar refractivity (Wildman–Crippen MR) is 98.0 cm³/mol. The zero-order valence-electron chi connectivity index (χ0n) is 14.8. The summed E-state index contributed by atoms with van der Waals surface area (Å²) < 4.78 is 5.45. The summed E-state index contributed by atoms with van der Waals surface area (Å²) in [4.78, 5) is 40.0. The molecule has 8 heteroatoms. The van der Waals surface area contributed by atoms with Gasteiger partial charge in [0.25, 0.3) is 11.8 Å². The third kappa shape index (κ3) is 4.82. The SMILES string of the molecule is O=C(NCCCC(=O)N1CCN(C(=O)C2CCCO2)CC1)c1ccsc1. The Hall–Kier alpha value is -1.93. The molecule has 2 aliphatic rings. The molecule has 0 radical (unpaired) electrons. The van der Waals surface area contributed by atoms with E-state index in [1.807, 2.05) is 5.38 Å². The lowest BCUT2D eigenvalue weighted by Gasteiger charge is -2.35. The predicted octanol–water partition coefficient (Wildman–Crippen LogP) is 1.11. The first-order valence-corrected chi connectivity index (χ1v) is 10.1. The van der Waals surface area contributed by atoms with Gasteiger partial charge in [0.2, 0.25) is 5.91 Å². The summed E-state index contributed by atoms with van der Waals surface area (Å²) in [6.07, 6.45) is 2.48. The number of thiophene rings is 1. The van der Waals surface area contributed by atoms with E-state index < -0.39 is 0 Å². The minimum absolute atomic E-state index is 0.0609. The zero-order valence-corrected chi connectivity index (χ0v) is 15.6. The molecule has 0 spiro atoms. The average molecular weight is 379 g/mol. The van der Waals surface area contributed by atoms with Gasteiger partial charge in [-0.1, -0.05) is 0 Å². The first kappa shape index (κ1) is 18.8. The molecule has 1 atom stereocenters. The van der Waals surface area contributed by atoms with Crippen molar-refractivity contribution in [3.63, 3.8) is 0 Å². The quantitative estimate of drug-likeness (QED) is 0.751. The molecule has 2 saturated heterocycles. The van der Waals surface area contributed by atoms with Crippen molar-refractivity contribution in [2.24, 2.45) is 0 Å². The molecule has 3 rings (SSSR count). The number of rotatable bonds is 6. The standard InChI is InChI=1S/C18H25N3O4S/c22-16(4-1-6-19-17(23)14-5-12-26-13-14)20-7-9-21(10-8-20)18(24)15-3-2-11-25-15/h5,12-13,15H,1-4,6-11H2,(H,19,23). The lowest BCUT2D eigenvalue weighted by atomic mass is 10.2. The maximum absolute atomic E-state index is 12.3. The molecule has 26 heavy (non-hydrogen) atoms. The average Bonchev–Trinajstić information content (AvgIpc) is 3.38. The molecule has 1 aromatic rings. The minimum atomic E-state index is -0.288. The van der Waals surface area contributed by atoms with Crippen LogP contribution in [0.2, 0.25) is 0 Å². The van der Waals surface area contributed by atoms with Crippen LogP contribution in [0.5, 0.6) is 0 Å². The van der Waals surface area contributed by atoms with Crippen LogP contribution < -0.4 is 5.32 Å². The molecule has 3 amide bonds. The first-order valence-electron chi connectivity index (χ1n) is 9.13. The van der Waals surface area contributed by atoms with Gasteiger partial charge in [0.15, 0.2) is 0 Å². The number of carbonyl (C=O) groups excluding carboxylic acids is 3. The van der Waals surface area contributed by atoms with Crippen molar-refractivity contribution < 1.29 is 19.1 Å². The molecule has 7 nitrogen and oxygen atoms in total. The molecule has 0 aliphatic carbocycles. The van der Waals surface area contributed by atoms with Gasteiger partial charge < -0.3 is 19.9 Å². The monoisotopic (exact) mass is 379 g/mol. The fourth-order valence-electron chi connectivity index (χ4n) is 3.25. The highest BCUT2D eigenvalue weighted by Gasteiger charge is 2.31. The lowest BCUT2D eigenvalue weighted by molar-refractivity contribution is -0.146. The highest BCUT2D eigenvalue weighted by Crippen LogP contribution is 2.16. The fourth-order valence-corrected chi connectivity index (χ4v) is 3.88. The molecule has 0 aromatic carbocycles. The smallest absolute Gasteiger partial charge is 0.252 e. The van der Waals surface area contributed by atoms with Crippen LogP contribution in [0.15, 0.2) is 16.8 Å². The Labute approximate surface area is 157 Å². The molecule has 2 aliphatic heterocycles. The molecular formula is C18H25N3O4S. The number of amides is 3. The van der Waals surface area contributed by atoms with Crippen LogP contribution in [0.1, 0.15) is 36.0 Å². The van der Waals surface area contributed by atoms with Gasteiger partial charge in [0.05, 0.1) is 0 Å². The van der Waals surface area contributed by atoms with E-state index in [4.69, 9.17) is 4.74 Å². The number of nitrogens with one attached hydrogen (secondary N) is 1. The van der Waals surface area contributed by atoms with Crippen LogP contribution in [-0.4, -0.2) is 73.0 Å². The molecule has 2 fully saturated rings. The summed E-state index contributed by atoms with van der Waals surface area (Å²) in [5.74, 6) is 0.0460. The van der Waals surface area contributed by atoms with Crippen molar-refractivity contribution in [3.05, 3.63) is 22.4 Å². The van der Waals surface area contributed by atoms with Crippen molar-refractivity contribution in [2.75, 3.05) is 39.3 Å². The van der Waals surface area contributed by atoms with E-state index in [2.05, 4.69) is 5.32 Å². The maximum atomic E-state index is 12.3. The Balaban J connectivity index is 1.32. The van der Waals surface area contributed by atoms with Gasteiger partial charge in [-0.05, 0) is 30.7 Å². The normalized spacial score (nSPS) is 20.2. The number of nitrogens with zero attached hydrogens (tertiary/aromatic N) is 2. The summed E-state index contributed by atoms with van der Waals surface area (Å²) in [5.41, 5.74) is 0.661. The minimum Gasteiger partial charge on any atom is -0.368 e. The number of ether oxygens (including phenoxy) is 1. The Morgan fingerprint density at radius 3 is 2.62 bits per heavy atom. The summed E-state index contributed by atoms with van der Waals surface area (Å²) in [6, 6.07) is 1.78. The van der Waals surface area contributed by atoms with Gasteiger partial charge in [0.1, 0.15) is 6.10 Å².